The Hall–Kier alpha value is -2.71. The van der Waals surface area contributed by atoms with Gasteiger partial charge < -0.3 is 5.11 Å². The Morgan fingerprint density at radius 2 is 2.00 bits per heavy atom. The van der Waals surface area contributed by atoms with Gasteiger partial charge in [-0.3, -0.25) is 9.78 Å². The van der Waals surface area contributed by atoms with Gasteiger partial charge in [-0.15, -0.1) is 11.3 Å². The van der Waals surface area contributed by atoms with Gasteiger partial charge in [-0.05, 0) is 44.0 Å². The fraction of sp³-hybridized carbons (Fsp3) is 0.211. The van der Waals surface area contributed by atoms with Crippen LogP contribution in [-0.4, -0.2) is 16.1 Å². The fourth-order valence-corrected chi connectivity index (χ4v) is 3.85. The van der Waals surface area contributed by atoms with Crippen molar-refractivity contribution in [2.45, 2.75) is 20.3 Å². The average Bonchev–Trinajstić information content (AvgIpc) is 2.96. The smallest absolute Gasteiger partial charge is 0.309 e. The molecule has 1 N–H and O–H groups in total. The van der Waals surface area contributed by atoms with Crippen LogP contribution in [0.3, 0.4) is 0 Å². The highest BCUT2D eigenvalue weighted by molar-refractivity contribution is 7.19. The molecule has 120 valence electrons. The van der Waals surface area contributed by atoms with Crippen molar-refractivity contribution >= 4 is 27.4 Å². The zero-order valence-electron chi connectivity index (χ0n) is 13.4. The molecular weight excluding hydrogens is 320 g/mol. The Bertz CT molecular complexity index is 950. The largest absolute Gasteiger partial charge is 0.481 e. The van der Waals surface area contributed by atoms with E-state index in [1.54, 1.807) is 37.3 Å². The van der Waals surface area contributed by atoms with Gasteiger partial charge in [0.25, 0.3) is 0 Å². The first-order valence-corrected chi connectivity index (χ1v) is 8.33. The number of carboxylic acid groups (broad SMARTS) is 1. The predicted molar refractivity (Wildman–Crippen MR) is 94.9 cm³/mol. The average molecular weight is 336 g/mol. The molecule has 0 aliphatic rings. The number of pyridine rings is 1. The lowest BCUT2D eigenvalue weighted by Crippen LogP contribution is -2.25. The molecule has 0 atom stereocenters. The molecule has 0 spiro atoms. The Morgan fingerprint density at radius 1 is 1.29 bits per heavy atom. The highest BCUT2D eigenvalue weighted by Gasteiger charge is 2.28. The van der Waals surface area contributed by atoms with Gasteiger partial charge in [-0.25, -0.2) is 0 Å². The summed E-state index contributed by atoms with van der Waals surface area (Å²) < 4.78 is 1.04. The van der Waals surface area contributed by atoms with E-state index in [0.29, 0.717) is 12.0 Å². The van der Waals surface area contributed by atoms with Crippen LogP contribution in [0.25, 0.3) is 21.2 Å². The molecule has 0 saturated carbocycles. The zero-order chi connectivity index (χ0) is 17.3. The van der Waals surface area contributed by atoms with E-state index in [-0.39, 0.29) is 0 Å². The Labute approximate surface area is 144 Å². The van der Waals surface area contributed by atoms with Crippen LogP contribution in [0.2, 0.25) is 0 Å². The van der Waals surface area contributed by atoms with Crippen LogP contribution >= 0.6 is 11.3 Å². The minimum Gasteiger partial charge on any atom is -0.481 e. The first-order valence-electron chi connectivity index (χ1n) is 7.51. The molecule has 5 heteroatoms. The normalized spacial score (nSPS) is 11.4. The second kappa shape index (κ2) is 6.06. The molecule has 0 unspecified atom stereocenters. The molecule has 24 heavy (non-hydrogen) atoms. The van der Waals surface area contributed by atoms with Crippen molar-refractivity contribution in [2.75, 3.05) is 0 Å². The summed E-state index contributed by atoms with van der Waals surface area (Å²) in [7, 11) is 0. The van der Waals surface area contributed by atoms with E-state index in [2.05, 4.69) is 17.1 Å². The van der Waals surface area contributed by atoms with Gasteiger partial charge in [0.1, 0.15) is 0 Å². The second-order valence-corrected chi connectivity index (χ2v) is 7.53. The summed E-state index contributed by atoms with van der Waals surface area (Å²) >= 11 is 1.58. The van der Waals surface area contributed by atoms with Crippen molar-refractivity contribution in [3.63, 3.8) is 0 Å². The number of benzene rings is 1. The van der Waals surface area contributed by atoms with Gasteiger partial charge in [0.2, 0.25) is 0 Å². The van der Waals surface area contributed by atoms with Crippen LogP contribution in [0.1, 0.15) is 24.3 Å². The number of hydrogen-bond acceptors (Lipinski definition) is 4. The molecule has 0 fully saturated rings. The van der Waals surface area contributed by atoms with Crippen molar-refractivity contribution in [3.05, 3.63) is 53.2 Å². The van der Waals surface area contributed by atoms with Gasteiger partial charge in [-0.2, -0.15) is 5.26 Å². The van der Waals surface area contributed by atoms with Gasteiger partial charge in [-0.1, -0.05) is 12.1 Å². The van der Waals surface area contributed by atoms with Crippen molar-refractivity contribution in [3.8, 4) is 17.2 Å². The minimum absolute atomic E-state index is 0.481. The molecule has 4 nitrogen and oxygen atoms in total. The minimum atomic E-state index is -0.803. The number of carbonyl (C=O) groups is 1. The quantitative estimate of drug-likeness (QED) is 0.762. The van der Waals surface area contributed by atoms with Crippen LogP contribution in [0.15, 0.2) is 42.7 Å². The van der Waals surface area contributed by atoms with Crippen LogP contribution in [0.4, 0.5) is 0 Å². The van der Waals surface area contributed by atoms with Gasteiger partial charge in [0.05, 0.1) is 21.7 Å². The molecular formula is C19H16N2O2S. The van der Waals surface area contributed by atoms with Crippen LogP contribution in [0.5, 0.6) is 0 Å². The first kappa shape index (κ1) is 16.2. The lowest BCUT2D eigenvalue weighted by atomic mass is 9.89. The summed E-state index contributed by atoms with van der Waals surface area (Å²) in [4.78, 5) is 16.7. The molecule has 0 amide bonds. The van der Waals surface area contributed by atoms with Crippen LogP contribution in [-0.2, 0) is 11.2 Å². The summed E-state index contributed by atoms with van der Waals surface area (Å²) in [6.45, 7) is 3.47. The summed E-state index contributed by atoms with van der Waals surface area (Å²) in [6.07, 6.45) is 4.10. The van der Waals surface area contributed by atoms with Crippen molar-refractivity contribution in [2.24, 2.45) is 5.41 Å². The van der Waals surface area contributed by atoms with E-state index in [4.69, 9.17) is 5.26 Å². The molecule has 0 saturated heterocycles. The van der Waals surface area contributed by atoms with E-state index < -0.39 is 11.4 Å². The number of nitriles is 1. The zero-order valence-corrected chi connectivity index (χ0v) is 14.2. The van der Waals surface area contributed by atoms with Gasteiger partial charge in [0, 0.05) is 28.2 Å². The fourth-order valence-electron chi connectivity index (χ4n) is 2.57. The van der Waals surface area contributed by atoms with E-state index in [9.17, 15) is 9.90 Å². The van der Waals surface area contributed by atoms with Crippen LogP contribution < -0.4 is 0 Å². The van der Waals surface area contributed by atoms with Gasteiger partial charge >= 0.3 is 5.97 Å². The molecule has 3 rings (SSSR count). The third-order valence-electron chi connectivity index (χ3n) is 4.02. The number of rotatable bonds is 4. The second-order valence-electron chi connectivity index (χ2n) is 6.37. The highest BCUT2D eigenvalue weighted by Crippen LogP contribution is 2.36. The summed E-state index contributed by atoms with van der Waals surface area (Å²) in [5.41, 5.74) is 1.80. The standard InChI is InChI=1S/C19H16N2O2S/c1-19(2,18(22)23)8-14-7-15-16(10-21-11-17(15)24-14)13-5-3-12(9-20)4-6-13/h3-7,10-11H,8H2,1-2H3,(H,22,23). The van der Waals surface area contributed by atoms with E-state index >= 15 is 0 Å². The predicted octanol–water partition coefficient (Wildman–Crippen LogP) is 4.49. The highest BCUT2D eigenvalue weighted by atomic mass is 32.1. The summed E-state index contributed by atoms with van der Waals surface area (Å²) in [6, 6.07) is 11.6. The Morgan fingerprint density at radius 3 is 2.62 bits per heavy atom. The SMILES string of the molecule is CC(C)(Cc1cc2c(-c3ccc(C#N)cc3)cncc2s1)C(=O)O. The third-order valence-corrected chi connectivity index (χ3v) is 5.09. The molecule has 1 aromatic carbocycles. The number of nitrogens with zero attached hydrogens (tertiary/aromatic N) is 2. The van der Waals surface area contributed by atoms with Crippen molar-refractivity contribution < 1.29 is 9.90 Å². The summed E-state index contributed by atoms with van der Waals surface area (Å²) in [5, 5.41) is 19.3. The number of fused-ring (bicyclic) bond motifs is 1. The molecule has 2 heterocycles. The molecule has 3 aromatic rings. The molecule has 0 bridgehead atoms. The Kier molecular flexibility index (Phi) is 4.08. The lowest BCUT2D eigenvalue weighted by Gasteiger charge is -2.17. The molecule has 2 aromatic heterocycles. The topological polar surface area (TPSA) is 74.0 Å². The van der Waals surface area contributed by atoms with Crippen molar-refractivity contribution in [1.82, 2.24) is 4.98 Å². The molecule has 0 radical (unpaired) electrons. The summed E-state index contributed by atoms with van der Waals surface area (Å²) in [5.74, 6) is -0.801. The number of hydrogen-bond donors (Lipinski definition) is 1. The Balaban J connectivity index is 2.04. The van der Waals surface area contributed by atoms with Gasteiger partial charge in [0.15, 0.2) is 0 Å². The molecule has 0 aliphatic carbocycles. The maximum atomic E-state index is 11.4. The number of carboxylic acids is 1. The number of aromatic nitrogens is 1. The van der Waals surface area contributed by atoms with Crippen molar-refractivity contribution in [1.29, 1.82) is 5.26 Å². The first-order chi connectivity index (χ1) is 11.4. The maximum Gasteiger partial charge on any atom is 0.309 e. The molecule has 0 aliphatic heterocycles. The number of aliphatic carboxylic acids is 1. The van der Waals surface area contributed by atoms with Crippen LogP contribution in [0, 0.1) is 16.7 Å². The van der Waals surface area contributed by atoms with E-state index in [1.807, 2.05) is 24.5 Å². The maximum absolute atomic E-state index is 11.4. The monoisotopic (exact) mass is 336 g/mol. The van der Waals surface area contributed by atoms with E-state index in [0.717, 1.165) is 26.1 Å². The third kappa shape index (κ3) is 3.01. The number of thiophene rings is 1. The van der Waals surface area contributed by atoms with E-state index in [1.165, 1.54) is 0 Å². The lowest BCUT2D eigenvalue weighted by molar-refractivity contribution is -0.146.